The van der Waals surface area contributed by atoms with Crippen LogP contribution in [0.2, 0.25) is 5.02 Å². The van der Waals surface area contributed by atoms with Gasteiger partial charge < -0.3 is 10.1 Å². The van der Waals surface area contributed by atoms with Crippen LogP contribution in [0.5, 0.6) is 5.75 Å². The Labute approximate surface area is 138 Å². The number of anilines is 1. The maximum atomic E-state index is 12.3. The number of carbonyl (C=O) groups excluding carboxylic acids is 1. The quantitative estimate of drug-likeness (QED) is 0.749. The molecule has 104 valence electrons. The second-order valence-electron chi connectivity index (χ2n) is 3.90. The van der Waals surface area contributed by atoms with Crippen molar-refractivity contribution in [3.05, 3.63) is 55.9 Å². The first-order valence-electron chi connectivity index (χ1n) is 5.62. The van der Waals surface area contributed by atoms with Gasteiger partial charge in [0.25, 0.3) is 5.91 Å². The lowest BCUT2D eigenvalue weighted by molar-refractivity contribution is 0.102. The van der Waals surface area contributed by atoms with Crippen LogP contribution in [-0.4, -0.2) is 13.0 Å². The van der Waals surface area contributed by atoms with Gasteiger partial charge in [0.05, 0.1) is 27.9 Å². The standard InChI is InChI=1S/C14H10Br2ClNO2/c1-20-12-7-8(15)5-6-9(12)14(19)18-11-4-2-3-10(17)13(11)16/h2-7H,1H3,(H,18,19). The summed E-state index contributed by atoms with van der Waals surface area (Å²) in [4.78, 5) is 12.3. The van der Waals surface area contributed by atoms with Gasteiger partial charge in [-0.1, -0.05) is 33.6 Å². The molecule has 0 saturated heterocycles. The van der Waals surface area contributed by atoms with E-state index in [1.54, 1.807) is 36.4 Å². The van der Waals surface area contributed by atoms with Crippen molar-refractivity contribution in [3.63, 3.8) is 0 Å². The van der Waals surface area contributed by atoms with Crippen molar-refractivity contribution < 1.29 is 9.53 Å². The zero-order valence-corrected chi connectivity index (χ0v) is 14.3. The maximum Gasteiger partial charge on any atom is 0.259 e. The molecule has 3 nitrogen and oxygen atoms in total. The minimum Gasteiger partial charge on any atom is -0.496 e. The van der Waals surface area contributed by atoms with E-state index in [9.17, 15) is 4.79 Å². The van der Waals surface area contributed by atoms with E-state index in [0.29, 0.717) is 26.5 Å². The normalized spacial score (nSPS) is 10.2. The Balaban J connectivity index is 2.31. The molecule has 0 aliphatic carbocycles. The molecule has 0 aliphatic heterocycles. The van der Waals surface area contributed by atoms with Crippen molar-refractivity contribution in [1.82, 2.24) is 0 Å². The number of carbonyl (C=O) groups is 1. The van der Waals surface area contributed by atoms with Crippen molar-refractivity contribution in [1.29, 1.82) is 0 Å². The summed E-state index contributed by atoms with van der Waals surface area (Å²) >= 11 is 12.7. The Hall–Kier alpha value is -1.04. The molecular formula is C14H10Br2ClNO2. The molecule has 0 atom stereocenters. The third-order valence-electron chi connectivity index (χ3n) is 2.61. The number of amides is 1. The molecule has 2 aromatic rings. The lowest BCUT2D eigenvalue weighted by atomic mass is 10.2. The number of hydrogen-bond donors (Lipinski definition) is 1. The summed E-state index contributed by atoms with van der Waals surface area (Å²) in [7, 11) is 1.52. The second-order valence-corrected chi connectivity index (χ2v) is 6.02. The Morgan fingerprint density at radius 1 is 1.25 bits per heavy atom. The van der Waals surface area contributed by atoms with Crippen molar-refractivity contribution in [2.75, 3.05) is 12.4 Å². The Morgan fingerprint density at radius 3 is 2.70 bits per heavy atom. The fraction of sp³-hybridized carbons (Fsp3) is 0.0714. The number of methoxy groups -OCH3 is 1. The van der Waals surface area contributed by atoms with Gasteiger partial charge in [0, 0.05) is 4.47 Å². The predicted octanol–water partition coefficient (Wildman–Crippen LogP) is 5.13. The number of benzene rings is 2. The van der Waals surface area contributed by atoms with Crippen LogP contribution in [0.3, 0.4) is 0 Å². The van der Waals surface area contributed by atoms with E-state index in [2.05, 4.69) is 37.2 Å². The third kappa shape index (κ3) is 3.34. The highest BCUT2D eigenvalue weighted by Crippen LogP contribution is 2.31. The fourth-order valence-corrected chi connectivity index (χ4v) is 2.52. The monoisotopic (exact) mass is 417 g/mol. The minimum atomic E-state index is -0.266. The lowest BCUT2D eigenvalue weighted by Gasteiger charge is -2.11. The number of nitrogens with one attached hydrogen (secondary N) is 1. The molecule has 0 aromatic heterocycles. The van der Waals surface area contributed by atoms with E-state index >= 15 is 0 Å². The molecule has 20 heavy (non-hydrogen) atoms. The first-order valence-corrected chi connectivity index (χ1v) is 7.58. The SMILES string of the molecule is COc1cc(Br)ccc1C(=O)Nc1cccc(Cl)c1Br. The highest BCUT2D eigenvalue weighted by molar-refractivity contribution is 9.11. The van der Waals surface area contributed by atoms with Crippen LogP contribution >= 0.6 is 43.5 Å². The smallest absolute Gasteiger partial charge is 0.259 e. The molecule has 0 fully saturated rings. The van der Waals surface area contributed by atoms with Gasteiger partial charge in [-0.3, -0.25) is 4.79 Å². The summed E-state index contributed by atoms with van der Waals surface area (Å²) < 4.78 is 6.70. The molecule has 6 heteroatoms. The summed E-state index contributed by atoms with van der Waals surface area (Å²) in [6, 6.07) is 10.5. The van der Waals surface area contributed by atoms with Gasteiger partial charge >= 0.3 is 0 Å². The van der Waals surface area contributed by atoms with Crippen molar-refractivity contribution in [2.24, 2.45) is 0 Å². The fourth-order valence-electron chi connectivity index (χ4n) is 1.64. The Bertz CT molecular complexity index is 662. The van der Waals surface area contributed by atoms with Crippen LogP contribution in [0, 0.1) is 0 Å². The van der Waals surface area contributed by atoms with Gasteiger partial charge in [-0.2, -0.15) is 0 Å². The molecular weight excluding hydrogens is 409 g/mol. The summed E-state index contributed by atoms with van der Waals surface area (Å²) in [6.07, 6.45) is 0. The first-order chi connectivity index (χ1) is 9.52. The molecule has 0 heterocycles. The molecule has 0 bridgehead atoms. The first kappa shape index (κ1) is 15.4. The second kappa shape index (κ2) is 6.61. The molecule has 1 N–H and O–H groups in total. The molecule has 0 spiro atoms. The largest absolute Gasteiger partial charge is 0.496 e. The number of hydrogen-bond acceptors (Lipinski definition) is 2. The van der Waals surface area contributed by atoms with Crippen LogP contribution < -0.4 is 10.1 Å². The zero-order chi connectivity index (χ0) is 14.7. The summed E-state index contributed by atoms with van der Waals surface area (Å²) in [6.45, 7) is 0. The van der Waals surface area contributed by atoms with Crippen LogP contribution in [0.4, 0.5) is 5.69 Å². The summed E-state index contributed by atoms with van der Waals surface area (Å²) in [5.74, 6) is 0.229. The van der Waals surface area contributed by atoms with Crippen molar-refractivity contribution in [3.8, 4) is 5.75 Å². The van der Waals surface area contributed by atoms with E-state index in [4.69, 9.17) is 16.3 Å². The van der Waals surface area contributed by atoms with E-state index in [-0.39, 0.29) is 5.91 Å². The van der Waals surface area contributed by atoms with Crippen LogP contribution in [-0.2, 0) is 0 Å². The van der Waals surface area contributed by atoms with E-state index in [0.717, 1.165) is 4.47 Å². The highest BCUT2D eigenvalue weighted by Gasteiger charge is 2.14. The summed E-state index contributed by atoms with van der Waals surface area (Å²) in [5, 5.41) is 3.33. The Morgan fingerprint density at radius 2 is 2.00 bits per heavy atom. The molecule has 2 aromatic carbocycles. The zero-order valence-electron chi connectivity index (χ0n) is 10.4. The summed E-state index contributed by atoms with van der Waals surface area (Å²) in [5.41, 5.74) is 1.05. The number of halogens is 3. The van der Waals surface area contributed by atoms with Crippen molar-refractivity contribution >= 4 is 55.1 Å². The molecule has 1 amide bonds. The molecule has 2 rings (SSSR count). The average molecular weight is 420 g/mol. The van der Waals surface area contributed by atoms with Crippen LogP contribution in [0.15, 0.2) is 45.3 Å². The van der Waals surface area contributed by atoms with E-state index < -0.39 is 0 Å². The van der Waals surface area contributed by atoms with Crippen molar-refractivity contribution in [2.45, 2.75) is 0 Å². The topological polar surface area (TPSA) is 38.3 Å². The molecule has 0 radical (unpaired) electrons. The maximum absolute atomic E-state index is 12.3. The van der Waals surface area contributed by atoms with Gasteiger partial charge in [-0.05, 0) is 46.3 Å². The number of ether oxygens (including phenoxy) is 1. The van der Waals surface area contributed by atoms with E-state index in [1.807, 2.05) is 0 Å². The average Bonchev–Trinajstić information content (AvgIpc) is 2.43. The van der Waals surface area contributed by atoms with Crippen LogP contribution in [0.1, 0.15) is 10.4 Å². The molecule has 0 saturated carbocycles. The third-order valence-corrected chi connectivity index (χ3v) is 4.50. The van der Waals surface area contributed by atoms with Crippen LogP contribution in [0.25, 0.3) is 0 Å². The Kier molecular flexibility index (Phi) is 5.07. The van der Waals surface area contributed by atoms with E-state index in [1.165, 1.54) is 7.11 Å². The predicted molar refractivity (Wildman–Crippen MR) is 87.8 cm³/mol. The number of rotatable bonds is 3. The lowest BCUT2D eigenvalue weighted by Crippen LogP contribution is -2.13. The van der Waals surface area contributed by atoms with Gasteiger partial charge in [0.2, 0.25) is 0 Å². The van der Waals surface area contributed by atoms with Gasteiger partial charge in [0.15, 0.2) is 0 Å². The molecule has 0 unspecified atom stereocenters. The minimum absolute atomic E-state index is 0.266. The highest BCUT2D eigenvalue weighted by atomic mass is 79.9. The molecule has 0 aliphatic rings. The van der Waals surface area contributed by atoms with Gasteiger partial charge in [-0.15, -0.1) is 0 Å². The van der Waals surface area contributed by atoms with Gasteiger partial charge in [-0.25, -0.2) is 0 Å². The van der Waals surface area contributed by atoms with Gasteiger partial charge in [0.1, 0.15) is 5.75 Å².